The highest BCUT2D eigenvalue weighted by Gasteiger charge is 2.42. The minimum absolute atomic E-state index is 0.00349. The minimum atomic E-state index is -0.133. The van der Waals surface area contributed by atoms with Gasteiger partial charge in [-0.2, -0.15) is 0 Å². The second-order valence-corrected chi connectivity index (χ2v) is 8.65. The number of fused-ring (bicyclic) bond motifs is 2. The molecule has 2 aliphatic rings. The molecule has 1 aliphatic carbocycles. The smallest absolute Gasteiger partial charge is 0.225 e. The average Bonchev–Trinajstić information content (AvgIpc) is 3.04. The fourth-order valence-corrected chi connectivity index (χ4v) is 4.87. The maximum atomic E-state index is 13.0. The zero-order valence-corrected chi connectivity index (χ0v) is 16.8. The number of imidazole rings is 1. The third-order valence-electron chi connectivity index (χ3n) is 6.21. The molecule has 0 spiro atoms. The molecule has 0 radical (unpaired) electrons. The van der Waals surface area contributed by atoms with Gasteiger partial charge in [0.2, 0.25) is 11.8 Å². The Morgan fingerprint density at radius 2 is 2.07 bits per heavy atom. The summed E-state index contributed by atoms with van der Waals surface area (Å²) in [7, 11) is 0. The molecule has 1 saturated heterocycles. The van der Waals surface area contributed by atoms with Crippen molar-refractivity contribution in [2.75, 3.05) is 6.54 Å². The van der Waals surface area contributed by atoms with Crippen molar-refractivity contribution in [2.24, 2.45) is 23.7 Å². The van der Waals surface area contributed by atoms with Gasteiger partial charge in [0, 0.05) is 19.0 Å². The molecule has 150 valence electrons. The minimum Gasteiger partial charge on any atom is -0.355 e. The molecule has 2 aromatic rings. The van der Waals surface area contributed by atoms with E-state index < -0.39 is 0 Å². The lowest BCUT2D eigenvalue weighted by Gasteiger charge is -2.39. The number of rotatable bonds is 5. The second-order valence-electron chi connectivity index (χ2n) is 8.65. The maximum Gasteiger partial charge on any atom is 0.225 e. The highest BCUT2D eigenvalue weighted by Crippen LogP contribution is 2.37. The summed E-state index contributed by atoms with van der Waals surface area (Å²) in [5.41, 5.74) is 2.07. The molecule has 6 heteroatoms. The van der Waals surface area contributed by atoms with E-state index in [9.17, 15) is 9.59 Å². The Hall–Kier alpha value is -2.37. The largest absolute Gasteiger partial charge is 0.355 e. The van der Waals surface area contributed by atoms with Gasteiger partial charge in [-0.3, -0.25) is 9.59 Å². The van der Waals surface area contributed by atoms with E-state index >= 15 is 0 Å². The van der Waals surface area contributed by atoms with Crippen LogP contribution in [0, 0.1) is 23.7 Å². The molecule has 1 saturated carbocycles. The van der Waals surface area contributed by atoms with Gasteiger partial charge in [-0.1, -0.05) is 38.8 Å². The molecule has 3 unspecified atom stereocenters. The van der Waals surface area contributed by atoms with Crippen LogP contribution in [0.3, 0.4) is 0 Å². The SMILES string of the molecule is CC(C)Cn1c(CNC(=O)C2CNC(=O)C3CCCCC32)nc2ccccc21. The number of nitrogens with zero attached hydrogens (tertiary/aromatic N) is 2. The van der Waals surface area contributed by atoms with Gasteiger partial charge in [0.05, 0.1) is 23.5 Å². The number of piperidine rings is 1. The van der Waals surface area contributed by atoms with Gasteiger partial charge in [0.25, 0.3) is 0 Å². The highest BCUT2D eigenvalue weighted by atomic mass is 16.2. The van der Waals surface area contributed by atoms with Crippen molar-refractivity contribution in [1.29, 1.82) is 0 Å². The van der Waals surface area contributed by atoms with E-state index in [0.29, 0.717) is 19.0 Å². The predicted molar refractivity (Wildman–Crippen MR) is 108 cm³/mol. The molecule has 2 heterocycles. The summed E-state index contributed by atoms with van der Waals surface area (Å²) in [6.07, 6.45) is 4.08. The van der Waals surface area contributed by atoms with Crippen molar-refractivity contribution >= 4 is 22.8 Å². The summed E-state index contributed by atoms with van der Waals surface area (Å²) in [6, 6.07) is 8.11. The van der Waals surface area contributed by atoms with Crippen LogP contribution in [0.25, 0.3) is 11.0 Å². The molecule has 0 bridgehead atoms. The summed E-state index contributed by atoms with van der Waals surface area (Å²) < 4.78 is 2.21. The summed E-state index contributed by atoms with van der Waals surface area (Å²) in [6.45, 7) is 6.11. The molecule has 1 aromatic heterocycles. The van der Waals surface area contributed by atoms with Crippen LogP contribution in [0.4, 0.5) is 0 Å². The fraction of sp³-hybridized carbons (Fsp3) is 0.591. The van der Waals surface area contributed by atoms with Crippen LogP contribution in [-0.2, 0) is 22.7 Å². The van der Waals surface area contributed by atoms with Crippen molar-refractivity contribution in [3.63, 3.8) is 0 Å². The number of benzene rings is 1. The summed E-state index contributed by atoms with van der Waals surface area (Å²) in [5.74, 6) is 1.60. The zero-order valence-electron chi connectivity index (χ0n) is 16.8. The van der Waals surface area contributed by atoms with E-state index in [1.165, 1.54) is 0 Å². The van der Waals surface area contributed by atoms with Gasteiger partial charge >= 0.3 is 0 Å². The highest BCUT2D eigenvalue weighted by molar-refractivity contribution is 5.86. The van der Waals surface area contributed by atoms with Gasteiger partial charge in [0.15, 0.2) is 0 Å². The fourth-order valence-electron chi connectivity index (χ4n) is 4.87. The molecule has 2 N–H and O–H groups in total. The summed E-state index contributed by atoms with van der Waals surface area (Å²) in [4.78, 5) is 29.9. The van der Waals surface area contributed by atoms with Crippen LogP contribution in [-0.4, -0.2) is 27.9 Å². The van der Waals surface area contributed by atoms with E-state index in [1.807, 2.05) is 18.2 Å². The molecule has 4 rings (SSSR count). The number of hydrogen-bond acceptors (Lipinski definition) is 3. The Kier molecular flexibility index (Phi) is 5.38. The van der Waals surface area contributed by atoms with E-state index in [0.717, 1.165) is 49.1 Å². The van der Waals surface area contributed by atoms with Crippen molar-refractivity contribution in [3.05, 3.63) is 30.1 Å². The normalized spacial score (nSPS) is 24.8. The van der Waals surface area contributed by atoms with Crippen molar-refractivity contribution in [3.8, 4) is 0 Å². The van der Waals surface area contributed by atoms with Gasteiger partial charge in [0.1, 0.15) is 5.82 Å². The Balaban J connectivity index is 1.49. The lowest BCUT2D eigenvalue weighted by Crippen LogP contribution is -2.53. The second kappa shape index (κ2) is 7.94. The lowest BCUT2D eigenvalue weighted by atomic mass is 9.69. The van der Waals surface area contributed by atoms with Crippen LogP contribution in [0.2, 0.25) is 0 Å². The first-order valence-corrected chi connectivity index (χ1v) is 10.5. The van der Waals surface area contributed by atoms with Crippen molar-refractivity contribution in [1.82, 2.24) is 20.2 Å². The van der Waals surface area contributed by atoms with Crippen molar-refractivity contribution in [2.45, 2.75) is 52.6 Å². The van der Waals surface area contributed by atoms with Gasteiger partial charge in [-0.25, -0.2) is 4.98 Å². The Labute approximate surface area is 166 Å². The van der Waals surface area contributed by atoms with Crippen LogP contribution in [0.5, 0.6) is 0 Å². The molecule has 6 nitrogen and oxygen atoms in total. The van der Waals surface area contributed by atoms with E-state index in [2.05, 4.69) is 35.1 Å². The van der Waals surface area contributed by atoms with Crippen LogP contribution < -0.4 is 10.6 Å². The number of para-hydroxylation sites is 2. The third-order valence-corrected chi connectivity index (χ3v) is 6.21. The molecular formula is C22H30N4O2. The van der Waals surface area contributed by atoms with Gasteiger partial charge < -0.3 is 15.2 Å². The van der Waals surface area contributed by atoms with Crippen LogP contribution in [0.1, 0.15) is 45.4 Å². The number of nitrogens with one attached hydrogen (secondary N) is 2. The standard InChI is InChI=1S/C22H30N4O2/c1-14(2)13-26-19-10-6-5-9-18(19)25-20(26)12-24-22(28)17-11-23-21(27)16-8-4-3-7-15(16)17/h5-6,9-10,14-17H,3-4,7-8,11-13H2,1-2H3,(H,23,27)(H,24,28). The summed E-state index contributed by atoms with van der Waals surface area (Å²) >= 11 is 0. The number of amides is 2. The Morgan fingerprint density at radius 3 is 2.89 bits per heavy atom. The number of carbonyl (C=O) groups is 2. The third kappa shape index (κ3) is 3.64. The lowest BCUT2D eigenvalue weighted by molar-refractivity contribution is -0.138. The van der Waals surface area contributed by atoms with E-state index in [-0.39, 0.29) is 29.6 Å². The maximum absolute atomic E-state index is 13.0. The zero-order chi connectivity index (χ0) is 19.7. The first kappa shape index (κ1) is 19.0. The molecule has 2 amide bonds. The first-order chi connectivity index (χ1) is 13.5. The predicted octanol–water partition coefficient (Wildman–Crippen LogP) is 2.86. The quantitative estimate of drug-likeness (QED) is 0.835. The van der Waals surface area contributed by atoms with Crippen LogP contribution in [0.15, 0.2) is 24.3 Å². The van der Waals surface area contributed by atoms with Crippen LogP contribution >= 0.6 is 0 Å². The van der Waals surface area contributed by atoms with E-state index in [4.69, 9.17) is 4.98 Å². The molecule has 28 heavy (non-hydrogen) atoms. The molecule has 2 fully saturated rings. The van der Waals surface area contributed by atoms with E-state index in [1.54, 1.807) is 0 Å². The number of carbonyl (C=O) groups excluding carboxylic acids is 2. The molecule has 3 atom stereocenters. The van der Waals surface area contributed by atoms with Gasteiger partial charge in [-0.05, 0) is 36.8 Å². The monoisotopic (exact) mass is 382 g/mol. The number of aromatic nitrogens is 2. The first-order valence-electron chi connectivity index (χ1n) is 10.5. The van der Waals surface area contributed by atoms with Gasteiger partial charge in [-0.15, -0.1) is 0 Å². The topological polar surface area (TPSA) is 76.0 Å². The molecule has 1 aromatic carbocycles. The molecule has 1 aliphatic heterocycles. The molecular weight excluding hydrogens is 352 g/mol. The average molecular weight is 383 g/mol. The Bertz CT molecular complexity index is 873. The number of hydrogen-bond donors (Lipinski definition) is 2. The summed E-state index contributed by atoms with van der Waals surface area (Å²) in [5, 5.41) is 6.07. The van der Waals surface area contributed by atoms with Crippen molar-refractivity contribution < 1.29 is 9.59 Å². The Morgan fingerprint density at radius 1 is 1.29 bits per heavy atom.